The first-order valence-electron chi connectivity index (χ1n) is 9.04. The third-order valence-electron chi connectivity index (χ3n) is 4.43. The van der Waals surface area contributed by atoms with Crippen LogP contribution >= 0.6 is 11.6 Å². The summed E-state index contributed by atoms with van der Waals surface area (Å²) in [5.41, 5.74) is 4.07. The van der Waals surface area contributed by atoms with E-state index in [9.17, 15) is 0 Å². The molecule has 150 valence electrons. The lowest BCUT2D eigenvalue weighted by Gasteiger charge is -2.34. The van der Waals surface area contributed by atoms with Gasteiger partial charge in [0.15, 0.2) is 0 Å². The standard InChI is InChI=1S/C19H23ClN2.C2H2O4/c1-16-4-2-5-17(12-16)14-21-8-10-22(11-9-21)15-18-6-3-7-19(20)13-18;3-1(4)2(5)6/h2-7,12-13H,8-11,14-15H2,1H3;(H,3,4)(H,5,6). The van der Waals surface area contributed by atoms with Gasteiger partial charge in [0.05, 0.1) is 0 Å². The fraction of sp³-hybridized carbons (Fsp3) is 0.333. The number of hydrogen-bond donors (Lipinski definition) is 2. The van der Waals surface area contributed by atoms with Crippen molar-refractivity contribution < 1.29 is 19.8 Å². The van der Waals surface area contributed by atoms with Gasteiger partial charge in [0, 0.05) is 44.3 Å². The van der Waals surface area contributed by atoms with E-state index in [0.717, 1.165) is 44.3 Å². The molecule has 0 spiro atoms. The summed E-state index contributed by atoms with van der Waals surface area (Å²) in [5, 5.41) is 15.6. The summed E-state index contributed by atoms with van der Waals surface area (Å²) in [6, 6.07) is 17.0. The summed E-state index contributed by atoms with van der Waals surface area (Å²) in [6.45, 7) is 8.73. The zero-order valence-corrected chi connectivity index (χ0v) is 16.6. The molecule has 0 amide bonds. The van der Waals surface area contributed by atoms with Crippen molar-refractivity contribution in [3.63, 3.8) is 0 Å². The Morgan fingerprint density at radius 3 is 1.75 bits per heavy atom. The smallest absolute Gasteiger partial charge is 0.414 e. The average molecular weight is 405 g/mol. The van der Waals surface area contributed by atoms with Crippen molar-refractivity contribution >= 4 is 23.5 Å². The Morgan fingerprint density at radius 2 is 1.32 bits per heavy atom. The number of carboxylic acid groups (broad SMARTS) is 2. The van der Waals surface area contributed by atoms with Crippen LogP contribution in [0.5, 0.6) is 0 Å². The Kier molecular flexibility index (Phi) is 8.44. The van der Waals surface area contributed by atoms with E-state index in [-0.39, 0.29) is 0 Å². The molecule has 0 bridgehead atoms. The minimum atomic E-state index is -1.82. The molecule has 2 aromatic carbocycles. The normalized spacial score (nSPS) is 14.8. The van der Waals surface area contributed by atoms with Crippen LogP contribution in [-0.2, 0) is 22.7 Å². The van der Waals surface area contributed by atoms with Gasteiger partial charge in [0.2, 0.25) is 0 Å². The number of nitrogens with zero attached hydrogens (tertiary/aromatic N) is 2. The number of halogens is 1. The van der Waals surface area contributed by atoms with Crippen LogP contribution in [0.4, 0.5) is 0 Å². The maximum atomic E-state index is 9.10. The molecule has 6 nitrogen and oxygen atoms in total. The van der Waals surface area contributed by atoms with Gasteiger partial charge < -0.3 is 10.2 Å². The fourth-order valence-electron chi connectivity index (χ4n) is 3.07. The summed E-state index contributed by atoms with van der Waals surface area (Å²) in [7, 11) is 0. The molecule has 2 N–H and O–H groups in total. The maximum absolute atomic E-state index is 9.10. The minimum absolute atomic E-state index is 0.829. The number of carboxylic acids is 2. The average Bonchev–Trinajstić information content (AvgIpc) is 2.64. The molecule has 1 heterocycles. The number of aliphatic carboxylic acids is 2. The Hall–Kier alpha value is -2.41. The van der Waals surface area contributed by atoms with Gasteiger partial charge in [0.25, 0.3) is 0 Å². The number of piperazine rings is 1. The van der Waals surface area contributed by atoms with Crippen LogP contribution in [0.1, 0.15) is 16.7 Å². The lowest BCUT2D eigenvalue weighted by atomic mass is 10.1. The Bertz CT molecular complexity index is 737. The highest BCUT2D eigenvalue weighted by Crippen LogP contribution is 2.15. The molecule has 1 aliphatic rings. The molecule has 1 fully saturated rings. The second-order valence-corrected chi connectivity index (χ2v) is 7.22. The molecule has 1 aliphatic heterocycles. The maximum Gasteiger partial charge on any atom is 0.414 e. The van der Waals surface area contributed by atoms with Crippen molar-refractivity contribution in [2.24, 2.45) is 0 Å². The molecule has 0 radical (unpaired) electrons. The van der Waals surface area contributed by atoms with Crippen molar-refractivity contribution in [3.8, 4) is 0 Å². The van der Waals surface area contributed by atoms with Gasteiger partial charge in [-0.1, -0.05) is 53.6 Å². The largest absolute Gasteiger partial charge is 0.473 e. The molecule has 28 heavy (non-hydrogen) atoms. The second-order valence-electron chi connectivity index (χ2n) is 6.78. The Balaban J connectivity index is 0.000000409. The SMILES string of the molecule is Cc1cccc(CN2CCN(Cc3cccc(Cl)c3)CC2)c1.O=C(O)C(=O)O. The Morgan fingerprint density at radius 1 is 0.857 bits per heavy atom. The van der Waals surface area contributed by atoms with Crippen LogP contribution < -0.4 is 0 Å². The van der Waals surface area contributed by atoms with Crippen LogP contribution in [0, 0.1) is 6.92 Å². The van der Waals surface area contributed by atoms with Gasteiger partial charge in [-0.2, -0.15) is 0 Å². The van der Waals surface area contributed by atoms with Crippen LogP contribution in [-0.4, -0.2) is 58.1 Å². The highest BCUT2D eigenvalue weighted by Gasteiger charge is 2.17. The van der Waals surface area contributed by atoms with Gasteiger partial charge in [-0.05, 0) is 30.2 Å². The molecule has 1 saturated heterocycles. The van der Waals surface area contributed by atoms with Crippen molar-refractivity contribution in [2.75, 3.05) is 26.2 Å². The van der Waals surface area contributed by atoms with E-state index >= 15 is 0 Å². The lowest BCUT2D eigenvalue weighted by Crippen LogP contribution is -2.45. The summed E-state index contributed by atoms with van der Waals surface area (Å²) >= 11 is 6.06. The molecule has 3 rings (SSSR count). The second kappa shape index (κ2) is 10.8. The van der Waals surface area contributed by atoms with E-state index in [1.807, 2.05) is 12.1 Å². The van der Waals surface area contributed by atoms with E-state index in [0.29, 0.717) is 0 Å². The first kappa shape index (κ1) is 21.9. The summed E-state index contributed by atoms with van der Waals surface area (Å²) in [4.78, 5) is 23.3. The third-order valence-corrected chi connectivity index (χ3v) is 4.67. The predicted octanol–water partition coefficient (Wildman–Crippen LogP) is 3.12. The lowest BCUT2D eigenvalue weighted by molar-refractivity contribution is -0.159. The van der Waals surface area contributed by atoms with E-state index in [1.165, 1.54) is 16.7 Å². The minimum Gasteiger partial charge on any atom is -0.473 e. The molecule has 2 aromatic rings. The van der Waals surface area contributed by atoms with E-state index in [1.54, 1.807) is 0 Å². The van der Waals surface area contributed by atoms with Gasteiger partial charge in [-0.25, -0.2) is 9.59 Å². The van der Waals surface area contributed by atoms with E-state index in [4.69, 9.17) is 31.4 Å². The summed E-state index contributed by atoms with van der Waals surface area (Å²) in [6.07, 6.45) is 0. The number of rotatable bonds is 4. The first-order chi connectivity index (χ1) is 13.3. The van der Waals surface area contributed by atoms with Crippen molar-refractivity contribution in [1.82, 2.24) is 9.80 Å². The predicted molar refractivity (Wildman–Crippen MR) is 108 cm³/mol. The van der Waals surface area contributed by atoms with Gasteiger partial charge >= 0.3 is 11.9 Å². The molecule has 0 aromatic heterocycles. The number of benzene rings is 2. The number of hydrogen-bond acceptors (Lipinski definition) is 4. The molecular weight excluding hydrogens is 380 g/mol. The van der Waals surface area contributed by atoms with E-state index < -0.39 is 11.9 Å². The molecule has 0 aliphatic carbocycles. The zero-order valence-electron chi connectivity index (χ0n) is 15.8. The third kappa shape index (κ3) is 7.68. The molecule has 0 unspecified atom stereocenters. The van der Waals surface area contributed by atoms with Gasteiger partial charge in [-0.3, -0.25) is 9.80 Å². The van der Waals surface area contributed by atoms with Gasteiger partial charge in [0.1, 0.15) is 0 Å². The molecular formula is C21H25ClN2O4. The Labute approximate surface area is 170 Å². The van der Waals surface area contributed by atoms with Crippen molar-refractivity contribution in [3.05, 3.63) is 70.2 Å². The van der Waals surface area contributed by atoms with Gasteiger partial charge in [-0.15, -0.1) is 0 Å². The van der Waals surface area contributed by atoms with Crippen LogP contribution in [0.15, 0.2) is 48.5 Å². The van der Waals surface area contributed by atoms with Crippen LogP contribution in [0.3, 0.4) is 0 Å². The molecule has 0 atom stereocenters. The van der Waals surface area contributed by atoms with Crippen LogP contribution in [0.25, 0.3) is 0 Å². The van der Waals surface area contributed by atoms with E-state index in [2.05, 4.69) is 53.1 Å². The summed E-state index contributed by atoms with van der Waals surface area (Å²) in [5.74, 6) is -3.65. The quantitative estimate of drug-likeness (QED) is 0.762. The van der Waals surface area contributed by atoms with Crippen molar-refractivity contribution in [2.45, 2.75) is 20.0 Å². The zero-order chi connectivity index (χ0) is 20.5. The highest BCUT2D eigenvalue weighted by atomic mass is 35.5. The van der Waals surface area contributed by atoms with Crippen LogP contribution in [0.2, 0.25) is 5.02 Å². The first-order valence-corrected chi connectivity index (χ1v) is 9.42. The monoisotopic (exact) mass is 404 g/mol. The number of carbonyl (C=O) groups is 2. The highest BCUT2D eigenvalue weighted by molar-refractivity contribution is 6.30. The molecule has 0 saturated carbocycles. The molecule has 7 heteroatoms. The van der Waals surface area contributed by atoms with Crippen molar-refractivity contribution in [1.29, 1.82) is 0 Å². The summed E-state index contributed by atoms with van der Waals surface area (Å²) < 4.78 is 0. The topological polar surface area (TPSA) is 81.1 Å². The number of aryl methyl sites for hydroxylation is 1. The fourth-order valence-corrected chi connectivity index (χ4v) is 3.28.